The number of rotatable bonds is 4. The minimum atomic E-state index is -0.492. The van der Waals surface area contributed by atoms with E-state index in [-0.39, 0.29) is 20.9 Å². The van der Waals surface area contributed by atoms with E-state index in [1.165, 1.54) is 12.1 Å². The van der Waals surface area contributed by atoms with Crippen LogP contribution < -0.4 is 4.74 Å². The molecule has 98 valence electrons. The highest BCUT2D eigenvalue weighted by atomic mass is 35.5. The normalized spacial score (nSPS) is 10.2. The van der Waals surface area contributed by atoms with Crippen molar-refractivity contribution >= 4 is 34.9 Å². The van der Waals surface area contributed by atoms with Gasteiger partial charge in [-0.05, 0) is 13.0 Å². The maximum absolute atomic E-state index is 10.8. The highest BCUT2D eigenvalue weighted by Crippen LogP contribution is 2.34. The van der Waals surface area contributed by atoms with E-state index in [2.05, 4.69) is 4.98 Å². The summed E-state index contributed by atoms with van der Waals surface area (Å²) in [5.74, 6) is 0.303. The number of aromatic nitrogens is 1. The fourth-order valence-electron chi connectivity index (χ4n) is 1.42. The van der Waals surface area contributed by atoms with E-state index in [1.807, 2.05) is 0 Å². The van der Waals surface area contributed by atoms with Crippen LogP contribution in [-0.2, 0) is 0 Å². The highest BCUT2D eigenvalue weighted by molar-refractivity contribution is 7.15. The van der Waals surface area contributed by atoms with E-state index in [0.29, 0.717) is 17.6 Å². The van der Waals surface area contributed by atoms with Crippen molar-refractivity contribution in [2.75, 3.05) is 0 Å². The van der Waals surface area contributed by atoms with Crippen molar-refractivity contribution in [1.29, 1.82) is 0 Å². The summed E-state index contributed by atoms with van der Waals surface area (Å²) in [5, 5.41) is 11.0. The van der Waals surface area contributed by atoms with Gasteiger partial charge in [0.2, 0.25) is 0 Å². The molecule has 0 atom stereocenters. The van der Waals surface area contributed by atoms with Gasteiger partial charge in [-0.3, -0.25) is 14.9 Å². The molecule has 0 saturated carbocycles. The highest BCUT2D eigenvalue weighted by Gasteiger charge is 2.16. The van der Waals surface area contributed by atoms with Gasteiger partial charge >= 0.3 is 0 Å². The Morgan fingerprint density at radius 2 is 2.26 bits per heavy atom. The summed E-state index contributed by atoms with van der Waals surface area (Å²) in [6.07, 6.45) is 0.577. The first-order chi connectivity index (χ1) is 9.02. The fourth-order valence-corrected chi connectivity index (χ4v) is 2.34. The molecular formula is C11H7ClN2O4S. The zero-order chi connectivity index (χ0) is 14.0. The Kier molecular flexibility index (Phi) is 3.77. The molecule has 0 spiro atoms. The molecule has 0 saturated heterocycles. The second-order valence-corrected chi connectivity index (χ2v) is 4.86. The predicted molar refractivity (Wildman–Crippen MR) is 70.4 cm³/mol. The lowest BCUT2D eigenvalue weighted by Gasteiger charge is -2.05. The lowest BCUT2D eigenvalue weighted by molar-refractivity contribution is -0.385. The molecule has 0 amide bonds. The molecule has 0 unspecified atom stereocenters. The molecule has 19 heavy (non-hydrogen) atoms. The Hall–Kier alpha value is -1.99. The number of carbonyl (C=O) groups excluding carboxylic acids is 1. The molecule has 1 aromatic carbocycles. The Morgan fingerprint density at radius 1 is 1.53 bits per heavy atom. The van der Waals surface area contributed by atoms with Crippen molar-refractivity contribution in [2.24, 2.45) is 0 Å². The largest absolute Gasteiger partial charge is 0.430 e. The smallest absolute Gasteiger partial charge is 0.280 e. The van der Waals surface area contributed by atoms with Crippen LogP contribution >= 0.6 is 22.9 Å². The Morgan fingerprint density at radius 3 is 2.84 bits per heavy atom. The number of nitro benzene ring substituents is 1. The standard InChI is InChI=1S/C11H7ClN2O4S/c1-6-7(14(16)17)3-2-4-8(6)18-11-13-10(12)9(5-15)19-11/h2-5H,1H3. The molecule has 0 aliphatic carbocycles. The number of nitrogens with zero attached hydrogens (tertiary/aromatic N) is 2. The van der Waals surface area contributed by atoms with Crippen LogP contribution in [0.4, 0.5) is 5.69 Å². The lowest BCUT2D eigenvalue weighted by Crippen LogP contribution is -1.94. The van der Waals surface area contributed by atoms with Gasteiger partial charge in [0.25, 0.3) is 10.9 Å². The molecule has 1 aromatic heterocycles. The van der Waals surface area contributed by atoms with Gasteiger partial charge in [0.05, 0.1) is 10.5 Å². The minimum absolute atomic E-state index is 0.0456. The van der Waals surface area contributed by atoms with Gasteiger partial charge in [0.1, 0.15) is 10.6 Å². The van der Waals surface area contributed by atoms with Crippen LogP contribution in [0.5, 0.6) is 10.9 Å². The molecule has 0 aliphatic heterocycles. The molecule has 0 bridgehead atoms. The molecule has 0 radical (unpaired) electrons. The molecule has 0 fully saturated rings. The third-order valence-electron chi connectivity index (χ3n) is 2.35. The predicted octanol–water partition coefficient (Wildman–Crippen LogP) is 3.62. The van der Waals surface area contributed by atoms with Crippen LogP contribution in [0.3, 0.4) is 0 Å². The number of hydrogen-bond acceptors (Lipinski definition) is 6. The van der Waals surface area contributed by atoms with Gasteiger partial charge in [0.15, 0.2) is 11.4 Å². The van der Waals surface area contributed by atoms with E-state index >= 15 is 0 Å². The number of halogens is 1. The molecule has 8 heteroatoms. The van der Waals surface area contributed by atoms with Crippen molar-refractivity contribution in [1.82, 2.24) is 4.98 Å². The second-order valence-electron chi connectivity index (χ2n) is 3.51. The van der Waals surface area contributed by atoms with Crippen LogP contribution in [0.25, 0.3) is 0 Å². The maximum atomic E-state index is 10.8. The first kappa shape index (κ1) is 13.4. The number of benzene rings is 1. The van der Waals surface area contributed by atoms with Crippen molar-refractivity contribution in [2.45, 2.75) is 6.92 Å². The average molecular weight is 299 g/mol. The van der Waals surface area contributed by atoms with Crippen LogP contribution in [0.2, 0.25) is 5.15 Å². The number of thiazole rings is 1. The van der Waals surface area contributed by atoms with Crippen molar-refractivity contribution in [3.8, 4) is 10.9 Å². The summed E-state index contributed by atoms with van der Waals surface area (Å²) in [6, 6.07) is 4.47. The van der Waals surface area contributed by atoms with E-state index in [0.717, 1.165) is 11.3 Å². The molecule has 6 nitrogen and oxygen atoms in total. The van der Waals surface area contributed by atoms with Crippen LogP contribution in [0.15, 0.2) is 18.2 Å². The maximum Gasteiger partial charge on any atom is 0.280 e. The minimum Gasteiger partial charge on any atom is -0.430 e. The number of carbonyl (C=O) groups is 1. The van der Waals surface area contributed by atoms with Crippen molar-refractivity contribution < 1.29 is 14.5 Å². The van der Waals surface area contributed by atoms with E-state index in [4.69, 9.17) is 16.3 Å². The Bertz CT molecular complexity index is 656. The molecular weight excluding hydrogens is 292 g/mol. The first-order valence-electron chi connectivity index (χ1n) is 5.06. The quantitative estimate of drug-likeness (QED) is 0.489. The topological polar surface area (TPSA) is 82.3 Å². The summed E-state index contributed by atoms with van der Waals surface area (Å²) >= 11 is 6.69. The average Bonchev–Trinajstić information content (AvgIpc) is 2.71. The number of aldehydes is 1. The molecule has 2 rings (SSSR count). The molecule has 1 heterocycles. The molecule has 0 N–H and O–H groups in total. The number of nitro groups is 1. The summed E-state index contributed by atoms with van der Waals surface area (Å²) in [5.41, 5.74) is 0.335. The van der Waals surface area contributed by atoms with E-state index in [1.54, 1.807) is 13.0 Å². The van der Waals surface area contributed by atoms with Crippen LogP contribution in [-0.4, -0.2) is 16.2 Å². The fraction of sp³-hybridized carbons (Fsp3) is 0.0909. The molecule has 2 aromatic rings. The van der Waals surface area contributed by atoms with Gasteiger partial charge in [-0.15, -0.1) is 0 Å². The van der Waals surface area contributed by atoms with Crippen molar-refractivity contribution in [3.63, 3.8) is 0 Å². The molecule has 0 aliphatic rings. The Balaban J connectivity index is 2.35. The summed E-state index contributed by atoms with van der Waals surface area (Å²) < 4.78 is 5.42. The van der Waals surface area contributed by atoms with Gasteiger partial charge in [0, 0.05) is 6.07 Å². The van der Waals surface area contributed by atoms with Gasteiger partial charge in [-0.1, -0.05) is 29.0 Å². The second kappa shape index (κ2) is 5.33. The summed E-state index contributed by atoms with van der Waals surface area (Å²) in [6.45, 7) is 1.57. The first-order valence-corrected chi connectivity index (χ1v) is 6.25. The zero-order valence-corrected chi connectivity index (χ0v) is 11.2. The SMILES string of the molecule is Cc1c(Oc2nc(Cl)c(C=O)s2)cccc1[N+](=O)[O-]. The van der Waals surface area contributed by atoms with Gasteiger partial charge < -0.3 is 4.74 Å². The lowest BCUT2D eigenvalue weighted by atomic mass is 10.2. The monoisotopic (exact) mass is 298 g/mol. The van der Waals surface area contributed by atoms with Gasteiger partial charge in [-0.2, -0.15) is 4.98 Å². The summed E-state index contributed by atoms with van der Waals surface area (Å²) in [4.78, 5) is 25.1. The van der Waals surface area contributed by atoms with Crippen molar-refractivity contribution in [3.05, 3.63) is 43.9 Å². The third-order valence-corrected chi connectivity index (χ3v) is 3.61. The van der Waals surface area contributed by atoms with E-state index in [9.17, 15) is 14.9 Å². The Labute approximate surface area is 116 Å². The zero-order valence-electron chi connectivity index (χ0n) is 9.62. The number of hydrogen-bond donors (Lipinski definition) is 0. The van der Waals surface area contributed by atoms with Gasteiger partial charge in [-0.25, -0.2) is 0 Å². The third kappa shape index (κ3) is 2.72. The van der Waals surface area contributed by atoms with Crippen LogP contribution in [0.1, 0.15) is 15.2 Å². The van der Waals surface area contributed by atoms with Crippen LogP contribution in [0, 0.1) is 17.0 Å². The number of ether oxygens (including phenoxy) is 1. The van der Waals surface area contributed by atoms with E-state index < -0.39 is 4.92 Å². The summed E-state index contributed by atoms with van der Waals surface area (Å²) in [7, 11) is 0.